The molecule has 3 atom stereocenters. The van der Waals surface area contributed by atoms with Crippen LogP contribution in [0.15, 0.2) is 41.7 Å². The van der Waals surface area contributed by atoms with Gasteiger partial charge in [-0.1, -0.05) is 6.07 Å². The maximum absolute atomic E-state index is 16.9. The van der Waals surface area contributed by atoms with E-state index >= 15 is 4.39 Å². The average molecular weight is 662 g/mol. The third-order valence-corrected chi connectivity index (χ3v) is 11.0. The molecule has 2 unspecified atom stereocenters. The molecule has 0 bridgehead atoms. The number of carbonyl (C=O) groups excluding carboxylic acids is 1. The van der Waals surface area contributed by atoms with Crippen LogP contribution < -0.4 is 10.2 Å². The van der Waals surface area contributed by atoms with Crippen molar-refractivity contribution in [1.82, 2.24) is 24.8 Å². The summed E-state index contributed by atoms with van der Waals surface area (Å²) in [6.07, 6.45) is -1.76. The fraction of sp³-hybridized carbons (Fsp3) is 0.484. The van der Waals surface area contributed by atoms with Crippen LogP contribution in [-0.4, -0.2) is 90.4 Å². The van der Waals surface area contributed by atoms with Gasteiger partial charge in [0.25, 0.3) is 12.3 Å². The molecule has 0 spiro atoms. The summed E-state index contributed by atoms with van der Waals surface area (Å²) in [6.45, 7) is 3.91. The predicted octanol–water partition coefficient (Wildman–Crippen LogP) is 4.73. The number of pyridine rings is 1. The molecule has 15 heteroatoms. The van der Waals surface area contributed by atoms with Gasteiger partial charge in [0, 0.05) is 50.0 Å². The fourth-order valence-electron chi connectivity index (χ4n) is 6.32. The number of aryl methyl sites for hydroxylation is 2. The third kappa shape index (κ3) is 5.90. The molecule has 4 heterocycles. The molecule has 1 N–H and O–H groups in total. The molecule has 1 aromatic carbocycles. The first-order valence-corrected chi connectivity index (χ1v) is 16.6. The van der Waals surface area contributed by atoms with E-state index in [4.69, 9.17) is 0 Å². The van der Waals surface area contributed by atoms with Gasteiger partial charge in [0.1, 0.15) is 12.8 Å². The van der Waals surface area contributed by atoms with Crippen LogP contribution in [-0.2, 0) is 9.84 Å². The molecule has 1 aliphatic carbocycles. The van der Waals surface area contributed by atoms with Crippen molar-refractivity contribution in [2.45, 2.75) is 61.8 Å². The SMILES string of the molecule is Cc1cc2c(c([C@@H](CF)Nc3ccc(C)nc3S(=O)(=O)C3CC3)c1)C(F)C(N1CCN(c3cnc(C(F)F)nc3)CC1)N(C)C2=O. The quantitative estimate of drug-likeness (QED) is 0.326. The molecule has 246 valence electrons. The van der Waals surface area contributed by atoms with Crippen molar-refractivity contribution >= 4 is 27.1 Å². The molecule has 10 nitrogen and oxygen atoms in total. The number of rotatable bonds is 9. The number of benzene rings is 1. The van der Waals surface area contributed by atoms with Crippen molar-refractivity contribution in [3.05, 3.63) is 70.4 Å². The van der Waals surface area contributed by atoms with Crippen LogP contribution in [0.25, 0.3) is 0 Å². The van der Waals surface area contributed by atoms with Crippen LogP contribution in [0.1, 0.15) is 70.0 Å². The highest BCUT2D eigenvalue weighted by Crippen LogP contribution is 2.42. The van der Waals surface area contributed by atoms with Gasteiger partial charge >= 0.3 is 0 Å². The van der Waals surface area contributed by atoms with Crippen molar-refractivity contribution < 1.29 is 30.8 Å². The van der Waals surface area contributed by atoms with Gasteiger partial charge in [-0.05, 0) is 56.0 Å². The van der Waals surface area contributed by atoms with Crippen molar-refractivity contribution in [2.75, 3.05) is 50.1 Å². The largest absolute Gasteiger partial charge is 0.373 e. The number of likely N-dealkylation sites (N-methyl/N-ethyl adjacent to an activating group) is 1. The summed E-state index contributed by atoms with van der Waals surface area (Å²) in [6, 6.07) is 5.24. The van der Waals surface area contributed by atoms with E-state index in [2.05, 4.69) is 20.3 Å². The molecule has 2 aliphatic heterocycles. The number of sulfone groups is 1. The molecule has 1 saturated heterocycles. The molecule has 3 aromatic rings. The van der Waals surface area contributed by atoms with Crippen LogP contribution in [0.2, 0.25) is 0 Å². The summed E-state index contributed by atoms with van der Waals surface area (Å²) < 4.78 is 84.0. The minimum atomic E-state index is -3.74. The van der Waals surface area contributed by atoms with Crippen LogP contribution in [0.4, 0.5) is 28.9 Å². The number of anilines is 2. The Morgan fingerprint density at radius 1 is 1.04 bits per heavy atom. The Balaban J connectivity index is 1.29. The topological polar surface area (TPSA) is 112 Å². The van der Waals surface area contributed by atoms with E-state index in [9.17, 15) is 26.4 Å². The van der Waals surface area contributed by atoms with Gasteiger partial charge in [-0.2, -0.15) is 0 Å². The molecule has 2 fully saturated rings. The van der Waals surface area contributed by atoms with E-state index in [1.807, 2.05) is 9.80 Å². The van der Waals surface area contributed by atoms with Crippen molar-refractivity contribution in [1.29, 1.82) is 0 Å². The number of hydrogen-bond acceptors (Lipinski definition) is 9. The third-order valence-electron chi connectivity index (χ3n) is 8.84. The normalized spacial score (nSPS) is 21.4. The van der Waals surface area contributed by atoms with E-state index in [0.29, 0.717) is 56.0 Å². The Hall–Kier alpha value is -3.85. The van der Waals surface area contributed by atoms with Crippen molar-refractivity contribution in [3.63, 3.8) is 0 Å². The van der Waals surface area contributed by atoms with Gasteiger partial charge in [-0.25, -0.2) is 40.9 Å². The first-order valence-electron chi connectivity index (χ1n) is 15.1. The highest BCUT2D eigenvalue weighted by atomic mass is 32.2. The number of fused-ring (bicyclic) bond motifs is 1. The van der Waals surface area contributed by atoms with Gasteiger partial charge in [0.05, 0.1) is 35.1 Å². The Morgan fingerprint density at radius 3 is 2.33 bits per heavy atom. The fourth-order valence-corrected chi connectivity index (χ4v) is 8.10. The van der Waals surface area contributed by atoms with Crippen LogP contribution in [0.5, 0.6) is 0 Å². The summed E-state index contributed by atoms with van der Waals surface area (Å²) in [5, 5.41) is 2.30. The monoisotopic (exact) mass is 661 g/mol. The molecule has 46 heavy (non-hydrogen) atoms. The Kier molecular flexibility index (Phi) is 8.65. The molecule has 1 amide bonds. The van der Waals surface area contributed by atoms with Gasteiger partial charge in [0.15, 0.2) is 17.0 Å². The lowest BCUT2D eigenvalue weighted by Gasteiger charge is -2.47. The number of aromatic nitrogens is 3. The summed E-state index contributed by atoms with van der Waals surface area (Å²) >= 11 is 0. The van der Waals surface area contributed by atoms with Crippen LogP contribution >= 0.6 is 0 Å². The Morgan fingerprint density at radius 2 is 1.72 bits per heavy atom. The number of hydrogen-bond donors (Lipinski definition) is 1. The predicted molar refractivity (Wildman–Crippen MR) is 163 cm³/mol. The van der Waals surface area contributed by atoms with Crippen LogP contribution in [0.3, 0.4) is 0 Å². The van der Waals surface area contributed by atoms with Gasteiger partial charge < -0.3 is 15.1 Å². The average Bonchev–Trinajstić information content (AvgIpc) is 3.90. The maximum atomic E-state index is 16.9. The minimum Gasteiger partial charge on any atom is -0.373 e. The van der Waals surface area contributed by atoms with E-state index in [1.54, 1.807) is 38.1 Å². The van der Waals surface area contributed by atoms with E-state index in [-0.39, 0.29) is 27.4 Å². The first-order chi connectivity index (χ1) is 21.9. The molecule has 2 aromatic heterocycles. The van der Waals surface area contributed by atoms with Gasteiger partial charge in [-0.15, -0.1) is 0 Å². The standard InChI is InChI=1S/C31H35F4N7O3S/c1-17-12-21(24(14-32)39-23-7-4-18(2)38-29(23)46(44,45)20-5-6-20)25-22(13-17)31(43)40(3)30(26(25)33)42-10-8-41(9-11-42)19-15-36-28(27(34)35)37-16-19/h4,7,12-13,15-16,20,24,26-27,30,39H,5-6,8-11,14H2,1-3H3/t24-,26?,30?/m1/s1. The molecule has 1 saturated carbocycles. The highest BCUT2D eigenvalue weighted by Gasteiger charge is 2.45. The zero-order valence-electron chi connectivity index (χ0n) is 25.6. The number of halogens is 4. The number of amides is 1. The first kappa shape index (κ1) is 32.1. The van der Waals surface area contributed by atoms with Gasteiger partial charge in [-0.3, -0.25) is 9.69 Å². The second-order valence-electron chi connectivity index (χ2n) is 12.1. The number of carbonyl (C=O) groups is 1. The zero-order valence-corrected chi connectivity index (χ0v) is 26.4. The second-order valence-corrected chi connectivity index (χ2v) is 14.2. The smallest absolute Gasteiger partial charge is 0.297 e. The van der Waals surface area contributed by atoms with E-state index in [1.165, 1.54) is 24.3 Å². The number of piperazine rings is 1. The Labute approximate surface area is 264 Å². The molecule has 0 radical (unpaired) electrons. The van der Waals surface area contributed by atoms with Gasteiger partial charge in [0.2, 0.25) is 9.84 Å². The van der Waals surface area contributed by atoms with Crippen LogP contribution in [0, 0.1) is 13.8 Å². The summed E-state index contributed by atoms with van der Waals surface area (Å²) in [7, 11) is -2.21. The maximum Gasteiger partial charge on any atom is 0.297 e. The lowest BCUT2D eigenvalue weighted by Crippen LogP contribution is -2.59. The summed E-state index contributed by atoms with van der Waals surface area (Å²) in [4.78, 5) is 30.5. The van der Waals surface area contributed by atoms with Crippen molar-refractivity contribution in [2.24, 2.45) is 0 Å². The van der Waals surface area contributed by atoms with E-state index in [0.717, 1.165) is 0 Å². The van der Waals surface area contributed by atoms with Crippen molar-refractivity contribution in [3.8, 4) is 0 Å². The summed E-state index contributed by atoms with van der Waals surface area (Å²) in [5.41, 5.74) is 2.24. The minimum absolute atomic E-state index is 0.0685. The molecule has 6 rings (SSSR count). The number of nitrogens with zero attached hydrogens (tertiary/aromatic N) is 6. The van der Waals surface area contributed by atoms with E-state index < -0.39 is 58.3 Å². The number of nitrogens with one attached hydrogen (secondary N) is 1. The molecule has 3 aliphatic rings. The lowest BCUT2D eigenvalue weighted by atomic mass is 9.86. The lowest BCUT2D eigenvalue weighted by molar-refractivity contribution is -0.00695. The zero-order chi connectivity index (χ0) is 32.9. The second kappa shape index (κ2) is 12.4. The Bertz CT molecular complexity index is 1730. The number of alkyl halides is 4. The molecular weight excluding hydrogens is 626 g/mol. The molecular formula is C31H35F4N7O3S. The summed E-state index contributed by atoms with van der Waals surface area (Å²) in [5.74, 6) is -0.973. The highest BCUT2D eigenvalue weighted by molar-refractivity contribution is 7.92.